The fourth-order valence-electron chi connectivity index (χ4n) is 2.06. The molecule has 0 aliphatic carbocycles. The van der Waals surface area contributed by atoms with Gasteiger partial charge in [-0.2, -0.15) is 0 Å². The van der Waals surface area contributed by atoms with E-state index in [-0.39, 0.29) is 5.91 Å². The third kappa shape index (κ3) is 1.84. The molecule has 2 rings (SSSR count). The zero-order valence-electron chi connectivity index (χ0n) is 10.5. The number of amides is 1. The number of benzene rings is 1. The van der Waals surface area contributed by atoms with E-state index < -0.39 is 6.10 Å². The number of carbonyl (C=O) groups is 1. The van der Waals surface area contributed by atoms with Crippen LogP contribution in [0.4, 0.5) is 11.4 Å². The van der Waals surface area contributed by atoms with E-state index in [2.05, 4.69) is 6.92 Å². The van der Waals surface area contributed by atoms with Gasteiger partial charge in [0, 0.05) is 7.05 Å². The van der Waals surface area contributed by atoms with Gasteiger partial charge in [-0.15, -0.1) is 0 Å². The predicted octanol–water partition coefficient (Wildman–Crippen LogP) is 1.97. The van der Waals surface area contributed by atoms with Crippen LogP contribution in [0, 0.1) is 0 Å². The summed E-state index contributed by atoms with van der Waals surface area (Å²) in [5.74, 6) is 0.629. The molecule has 1 amide bonds. The number of likely N-dealkylation sites (N-methyl/N-ethyl adjacent to an activating group) is 1. The molecule has 0 bridgehead atoms. The minimum atomic E-state index is -0.415. The van der Waals surface area contributed by atoms with Crippen LogP contribution in [-0.4, -0.2) is 19.1 Å². The zero-order chi connectivity index (χ0) is 12.6. The van der Waals surface area contributed by atoms with Gasteiger partial charge in [-0.05, 0) is 30.5 Å². The number of nitrogens with two attached hydrogens (primary N) is 1. The van der Waals surface area contributed by atoms with Crippen molar-refractivity contribution in [2.75, 3.05) is 17.7 Å². The van der Waals surface area contributed by atoms with Crippen molar-refractivity contribution in [3.8, 4) is 5.75 Å². The molecule has 0 spiro atoms. The Balaban J connectivity index is 2.52. The van der Waals surface area contributed by atoms with Gasteiger partial charge < -0.3 is 15.4 Å². The third-order valence-corrected chi connectivity index (χ3v) is 3.16. The monoisotopic (exact) mass is 234 g/mol. The number of carbonyl (C=O) groups excluding carboxylic acids is 1. The lowest BCUT2D eigenvalue weighted by Gasteiger charge is -2.32. The Labute approximate surface area is 101 Å². The Morgan fingerprint density at radius 1 is 1.41 bits per heavy atom. The van der Waals surface area contributed by atoms with Crippen molar-refractivity contribution >= 4 is 17.3 Å². The molecule has 0 saturated carbocycles. The van der Waals surface area contributed by atoms with Crippen LogP contribution < -0.4 is 15.4 Å². The maximum atomic E-state index is 12.0. The normalized spacial score (nSPS) is 18.9. The lowest BCUT2D eigenvalue weighted by molar-refractivity contribution is -0.126. The van der Waals surface area contributed by atoms with Crippen LogP contribution >= 0.6 is 0 Å². The second kappa shape index (κ2) is 4.28. The average Bonchev–Trinajstić information content (AvgIpc) is 2.34. The highest BCUT2D eigenvalue weighted by Gasteiger charge is 2.32. The topological polar surface area (TPSA) is 55.6 Å². The Hall–Kier alpha value is -1.71. The number of aryl methyl sites for hydroxylation is 1. The van der Waals surface area contributed by atoms with Crippen molar-refractivity contribution < 1.29 is 9.53 Å². The Bertz CT molecular complexity index is 457. The van der Waals surface area contributed by atoms with E-state index in [9.17, 15) is 4.79 Å². The van der Waals surface area contributed by atoms with Gasteiger partial charge in [-0.25, -0.2) is 0 Å². The summed E-state index contributed by atoms with van der Waals surface area (Å²) in [5.41, 5.74) is 8.47. The number of fused-ring (bicyclic) bond motifs is 1. The first kappa shape index (κ1) is 11.8. The van der Waals surface area contributed by atoms with Crippen molar-refractivity contribution in [2.24, 2.45) is 0 Å². The molecule has 1 heterocycles. The first-order valence-corrected chi connectivity index (χ1v) is 5.95. The molecular weight excluding hydrogens is 216 g/mol. The second-order valence-corrected chi connectivity index (χ2v) is 4.30. The summed E-state index contributed by atoms with van der Waals surface area (Å²) in [5, 5.41) is 0. The Kier molecular flexibility index (Phi) is 2.96. The summed E-state index contributed by atoms with van der Waals surface area (Å²) in [6.07, 6.45) is 1.12. The van der Waals surface area contributed by atoms with Crippen LogP contribution in [0.3, 0.4) is 0 Å². The number of ether oxygens (including phenoxy) is 1. The van der Waals surface area contributed by atoms with Gasteiger partial charge in [0.1, 0.15) is 0 Å². The summed E-state index contributed by atoms with van der Waals surface area (Å²) >= 11 is 0. The highest BCUT2D eigenvalue weighted by molar-refractivity contribution is 6.00. The lowest BCUT2D eigenvalue weighted by atomic mass is 10.1. The van der Waals surface area contributed by atoms with Crippen molar-refractivity contribution in [1.82, 2.24) is 0 Å². The lowest BCUT2D eigenvalue weighted by Crippen LogP contribution is -2.43. The number of hydrogen-bond donors (Lipinski definition) is 1. The molecule has 0 radical (unpaired) electrons. The molecule has 2 N–H and O–H groups in total. The fourth-order valence-corrected chi connectivity index (χ4v) is 2.06. The first-order chi connectivity index (χ1) is 8.08. The van der Waals surface area contributed by atoms with Gasteiger partial charge in [0.2, 0.25) is 0 Å². The van der Waals surface area contributed by atoms with Crippen LogP contribution in [0.1, 0.15) is 25.8 Å². The van der Waals surface area contributed by atoms with Crippen LogP contribution in [0.5, 0.6) is 5.75 Å². The molecular formula is C13H18N2O2. The maximum Gasteiger partial charge on any atom is 0.267 e. The molecule has 1 aromatic rings. The third-order valence-electron chi connectivity index (χ3n) is 3.16. The quantitative estimate of drug-likeness (QED) is 0.796. The summed E-state index contributed by atoms with van der Waals surface area (Å²) in [6, 6.07) is 3.88. The van der Waals surface area contributed by atoms with E-state index in [0.29, 0.717) is 17.9 Å². The molecule has 92 valence electrons. The molecule has 1 aliphatic heterocycles. The van der Waals surface area contributed by atoms with Crippen LogP contribution in [-0.2, 0) is 11.2 Å². The van der Waals surface area contributed by atoms with Crippen molar-refractivity contribution in [2.45, 2.75) is 32.8 Å². The summed E-state index contributed by atoms with van der Waals surface area (Å²) in [6.45, 7) is 3.99. The summed E-state index contributed by atoms with van der Waals surface area (Å²) in [4.78, 5) is 13.6. The van der Waals surface area contributed by atoms with E-state index in [1.807, 2.05) is 19.1 Å². The molecule has 4 heteroatoms. The van der Waals surface area contributed by atoms with Gasteiger partial charge in [-0.1, -0.05) is 13.8 Å². The summed E-state index contributed by atoms with van der Waals surface area (Å²) in [7, 11) is 1.77. The van der Waals surface area contributed by atoms with Gasteiger partial charge >= 0.3 is 0 Å². The SMILES string of the molecule is CCc1cc(N)c2c(c1)N(C)C(=O)C(CC)O2. The molecule has 1 aliphatic rings. The molecule has 4 nitrogen and oxygen atoms in total. The highest BCUT2D eigenvalue weighted by atomic mass is 16.5. The van der Waals surface area contributed by atoms with Crippen LogP contribution in [0.15, 0.2) is 12.1 Å². The second-order valence-electron chi connectivity index (χ2n) is 4.30. The smallest absolute Gasteiger partial charge is 0.267 e. The van der Waals surface area contributed by atoms with Crippen molar-refractivity contribution in [1.29, 1.82) is 0 Å². The van der Waals surface area contributed by atoms with E-state index >= 15 is 0 Å². The molecule has 0 fully saturated rings. The molecule has 17 heavy (non-hydrogen) atoms. The molecule has 0 aromatic heterocycles. The first-order valence-electron chi connectivity index (χ1n) is 5.95. The number of anilines is 2. The van der Waals surface area contributed by atoms with Gasteiger partial charge in [0.25, 0.3) is 5.91 Å². The minimum Gasteiger partial charge on any atom is -0.476 e. The molecule has 1 unspecified atom stereocenters. The highest BCUT2D eigenvalue weighted by Crippen LogP contribution is 2.39. The van der Waals surface area contributed by atoms with Gasteiger partial charge in [0.05, 0.1) is 11.4 Å². The molecule has 1 atom stereocenters. The van der Waals surface area contributed by atoms with Crippen LogP contribution in [0.2, 0.25) is 0 Å². The van der Waals surface area contributed by atoms with Crippen molar-refractivity contribution in [3.05, 3.63) is 17.7 Å². The predicted molar refractivity (Wildman–Crippen MR) is 68.3 cm³/mol. The zero-order valence-corrected chi connectivity index (χ0v) is 10.5. The number of nitrogens with zero attached hydrogens (tertiary/aromatic N) is 1. The summed E-state index contributed by atoms with van der Waals surface area (Å²) < 4.78 is 5.68. The van der Waals surface area contributed by atoms with E-state index in [1.165, 1.54) is 0 Å². The molecule has 0 saturated heterocycles. The number of rotatable bonds is 2. The Morgan fingerprint density at radius 2 is 2.12 bits per heavy atom. The largest absolute Gasteiger partial charge is 0.476 e. The Morgan fingerprint density at radius 3 is 2.71 bits per heavy atom. The van der Waals surface area contributed by atoms with Gasteiger partial charge in [-0.3, -0.25) is 4.79 Å². The van der Waals surface area contributed by atoms with E-state index in [1.54, 1.807) is 11.9 Å². The van der Waals surface area contributed by atoms with Gasteiger partial charge in [0.15, 0.2) is 11.9 Å². The van der Waals surface area contributed by atoms with E-state index in [0.717, 1.165) is 17.7 Å². The average molecular weight is 234 g/mol. The standard InChI is InChI=1S/C13H18N2O2/c1-4-8-6-9(14)12-10(7-8)15(3)13(16)11(5-2)17-12/h6-7,11H,4-5,14H2,1-3H3. The number of nitrogen functional groups attached to an aromatic ring is 1. The maximum absolute atomic E-state index is 12.0. The fraction of sp³-hybridized carbons (Fsp3) is 0.462. The minimum absolute atomic E-state index is 0.00680. The van der Waals surface area contributed by atoms with Crippen LogP contribution in [0.25, 0.3) is 0 Å². The van der Waals surface area contributed by atoms with E-state index in [4.69, 9.17) is 10.5 Å². The molecule has 1 aromatic carbocycles. The number of hydrogen-bond acceptors (Lipinski definition) is 3. The van der Waals surface area contributed by atoms with Crippen molar-refractivity contribution in [3.63, 3.8) is 0 Å².